The molecule has 0 bridgehead atoms. The van der Waals surface area contributed by atoms with Crippen molar-refractivity contribution in [3.63, 3.8) is 0 Å². The van der Waals surface area contributed by atoms with Gasteiger partial charge in [-0.25, -0.2) is 4.98 Å². The number of hydrogen-bond donors (Lipinski definition) is 3. The molecular formula is C7H11N3O2S. The zero-order valence-corrected chi connectivity index (χ0v) is 7.80. The van der Waals surface area contributed by atoms with E-state index in [0.717, 1.165) is 11.3 Å². The molecule has 4 N–H and O–H groups in total. The van der Waals surface area contributed by atoms with Crippen LogP contribution in [0.5, 0.6) is 0 Å². The van der Waals surface area contributed by atoms with E-state index in [1.165, 1.54) is 6.20 Å². The normalized spacial score (nSPS) is 9.92. The van der Waals surface area contributed by atoms with Gasteiger partial charge in [-0.2, -0.15) is 0 Å². The summed E-state index contributed by atoms with van der Waals surface area (Å²) in [6.07, 6.45) is 1.99. The number of amides is 1. The van der Waals surface area contributed by atoms with Gasteiger partial charge in [0, 0.05) is 13.2 Å². The van der Waals surface area contributed by atoms with E-state index in [9.17, 15) is 4.79 Å². The molecule has 5 nitrogen and oxygen atoms in total. The van der Waals surface area contributed by atoms with Crippen molar-refractivity contribution >= 4 is 22.4 Å². The van der Waals surface area contributed by atoms with Crippen LogP contribution in [0.4, 0.5) is 5.13 Å². The number of carbonyl (C=O) groups excluding carboxylic acids is 1. The number of thiazole rings is 1. The highest BCUT2D eigenvalue weighted by atomic mass is 32.1. The zero-order chi connectivity index (χ0) is 9.68. The van der Waals surface area contributed by atoms with Crippen molar-refractivity contribution in [2.75, 3.05) is 18.9 Å². The van der Waals surface area contributed by atoms with Crippen LogP contribution in [-0.2, 0) is 0 Å². The maximum Gasteiger partial charge on any atom is 0.263 e. The molecule has 0 saturated carbocycles. The summed E-state index contributed by atoms with van der Waals surface area (Å²) in [5.41, 5.74) is 5.36. The smallest absolute Gasteiger partial charge is 0.263 e. The first kappa shape index (κ1) is 9.94. The highest BCUT2D eigenvalue weighted by Crippen LogP contribution is 2.13. The van der Waals surface area contributed by atoms with Crippen LogP contribution in [0.25, 0.3) is 0 Å². The van der Waals surface area contributed by atoms with Gasteiger partial charge in [-0.05, 0) is 6.42 Å². The minimum Gasteiger partial charge on any atom is -0.396 e. The van der Waals surface area contributed by atoms with Gasteiger partial charge in [-0.3, -0.25) is 4.79 Å². The quantitative estimate of drug-likeness (QED) is 0.590. The summed E-state index contributed by atoms with van der Waals surface area (Å²) in [5.74, 6) is -0.192. The number of aromatic nitrogens is 1. The molecule has 72 valence electrons. The number of nitrogen functional groups attached to an aromatic ring is 1. The number of nitrogens with zero attached hydrogens (tertiary/aromatic N) is 1. The van der Waals surface area contributed by atoms with Gasteiger partial charge in [-0.1, -0.05) is 11.3 Å². The van der Waals surface area contributed by atoms with E-state index in [-0.39, 0.29) is 12.5 Å². The van der Waals surface area contributed by atoms with E-state index >= 15 is 0 Å². The first-order valence-electron chi connectivity index (χ1n) is 3.84. The summed E-state index contributed by atoms with van der Waals surface area (Å²) in [6, 6.07) is 0. The maximum atomic E-state index is 11.3. The maximum absolute atomic E-state index is 11.3. The Hall–Kier alpha value is -1.14. The third-order valence-electron chi connectivity index (χ3n) is 1.37. The Bertz CT molecular complexity index is 287. The Morgan fingerprint density at radius 1 is 1.77 bits per heavy atom. The number of anilines is 1. The number of nitrogens with two attached hydrogens (primary N) is 1. The molecule has 6 heteroatoms. The average molecular weight is 201 g/mol. The van der Waals surface area contributed by atoms with Crippen molar-refractivity contribution in [2.45, 2.75) is 6.42 Å². The van der Waals surface area contributed by atoms with Crippen molar-refractivity contribution in [3.8, 4) is 0 Å². The van der Waals surface area contributed by atoms with Crippen LogP contribution in [0.1, 0.15) is 16.1 Å². The number of aliphatic hydroxyl groups excluding tert-OH is 1. The van der Waals surface area contributed by atoms with Crippen LogP contribution < -0.4 is 11.1 Å². The highest BCUT2D eigenvalue weighted by molar-refractivity contribution is 7.17. The molecule has 0 aromatic carbocycles. The molecule has 0 aliphatic rings. The SMILES string of the molecule is Nc1ncc(C(=O)NCCCO)s1. The van der Waals surface area contributed by atoms with Crippen LogP contribution >= 0.6 is 11.3 Å². The van der Waals surface area contributed by atoms with Crippen LogP contribution in [0.3, 0.4) is 0 Å². The van der Waals surface area contributed by atoms with E-state index in [1.54, 1.807) is 0 Å². The Kier molecular flexibility index (Phi) is 3.66. The summed E-state index contributed by atoms with van der Waals surface area (Å²) in [5, 5.41) is 11.5. The Labute approximate surface area is 79.6 Å². The summed E-state index contributed by atoms with van der Waals surface area (Å²) < 4.78 is 0. The van der Waals surface area contributed by atoms with Crippen molar-refractivity contribution in [1.82, 2.24) is 10.3 Å². The fourth-order valence-electron chi connectivity index (χ4n) is 0.761. The first-order chi connectivity index (χ1) is 6.24. The van der Waals surface area contributed by atoms with Crippen molar-refractivity contribution in [2.24, 2.45) is 0 Å². The molecule has 13 heavy (non-hydrogen) atoms. The zero-order valence-electron chi connectivity index (χ0n) is 6.99. The summed E-state index contributed by atoms with van der Waals surface area (Å²) in [7, 11) is 0. The number of rotatable bonds is 4. The Balaban J connectivity index is 2.40. The van der Waals surface area contributed by atoms with Gasteiger partial charge >= 0.3 is 0 Å². The van der Waals surface area contributed by atoms with E-state index < -0.39 is 0 Å². The Morgan fingerprint density at radius 2 is 2.54 bits per heavy atom. The molecule has 0 aliphatic carbocycles. The van der Waals surface area contributed by atoms with Gasteiger partial charge in [0.25, 0.3) is 5.91 Å². The van der Waals surface area contributed by atoms with E-state index in [2.05, 4.69) is 10.3 Å². The minimum atomic E-state index is -0.192. The molecule has 0 unspecified atom stereocenters. The summed E-state index contributed by atoms with van der Waals surface area (Å²) in [6.45, 7) is 0.540. The van der Waals surface area contributed by atoms with Crippen LogP contribution in [0.2, 0.25) is 0 Å². The largest absolute Gasteiger partial charge is 0.396 e. The molecule has 0 aliphatic heterocycles. The Morgan fingerprint density at radius 3 is 3.08 bits per heavy atom. The van der Waals surface area contributed by atoms with Gasteiger partial charge in [0.2, 0.25) is 0 Å². The molecule has 1 aromatic heterocycles. The molecule has 0 saturated heterocycles. The molecule has 0 fully saturated rings. The van der Waals surface area contributed by atoms with Crippen LogP contribution in [-0.4, -0.2) is 29.1 Å². The van der Waals surface area contributed by atoms with Gasteiger partial charge in [0.05, 0.1) is 6.20 Å². The summed E-state index contributed by atoms with van der Waals surface area (Å²) in [4.78, 5) is 15.5. The second kappa shape index (κ2) is 4.78. The predicted octanol–water partition coefficient (Wildman–Crippen LogP) is -0.163. The molecule has 0 spiro atoms. The standard InChI is InChI=1S/C7H11N3O2S/c8-7-10-4-5(13-7)6(12)9-2-1-3-11/h4,11H,1-3H2,(H2,8,10)(H,9,12). The fourth-order valence-corrected chi connectivity index (χ4v) is 1.36. The van der Waals surface area contributed by atoms with Crippen molar-refractivity contribution in [1.29, 1.82) is 0 Å². The average Bonchev–Trinajstić information content (AvgIpc) is 2.52. The molecule has 1 heterocycles. The lowest BCUT2D eigenvalue weighted by atomic mass is 10.4. The van der Waals surface area contributed by atoms with Gasteiger partial charge in [0.15, 0.2) is 5.13 Å². The third-order valence-corrected chi connectivity index (χ3v) is 2.19. The lowest BCUT2D eigenvalue weighted by Gasteiger charge is -1.99. The topological polar surface area (TPSA) is 88.2 Å². The first-order valence-corrected chi connectivity index (χ1v) is 4.66. The van der Waals surface area contributed by atoms with E-state index in [4.69, 9.17) is 10.8 Å². The lowest BCUT2D eigenvalue weighted by molar-refractivity contribution is 0.0955. The van der Waals surface area contributed by atoms with Gasteiger partial charge in [0.1, 0.15) is 4.88 Å². The van der Waals surface area contributed by atoms with Gasteiger partial charge < -0.3 is 16.2 Å². The van der Waals surface area contributed by atoms with Crippen LogP contribution in [0.15, 0.2) is 6.20 Å². The fraction of sp³-hybridized carbons (Fsp3) is 0.429. The van der Waals surface area contributed by atoms with Crippen LogP contribution in [0, 0.1) is 0 Å². The van der Waals surface area contributed by atoms with Crippen molar-refractivity contribution < 1.29 is 9.90 Å². The third kappa shape index (κ3) is 3.00. The number of hydrogen-bond acceptors (Lipinski definition) is 5. The summed E-state index contributed by atoms with van der Waals surface area (Å²) >= 11 is 1.15. The number of carbonyl (C=O) groups is 1. The molecule has 0 radical (unpaired) electrons. The monoisotopic (exact) mass is 201 g/mol. The number of nitrogens with one attached hydrogen (secondary N) is 1. The lowest BCUT2D eigenvalue weighted by Crippen LogP contribution is -2.24. The van der Waals surface area contributed by atoms with E-state index in [1.807, 2.05) is 0 Å². The van der Waals surface area contributed by atoms with Gasteiger partial charge in [-0.15, -0.1) is 0 Å². The number of aliphatic hydroxyl groups is 1. The second-order valence-corrected chi connectivity index (χ2v) is 3.46. The predicted molar refractivity (Wildman–Crippen MR) is 50.6 cm³/mol. The molecule has 0 atom stereocenters. The van der Waals surface area contributed by atoms with E-state index in [0.29, 0.717) is 23.0 Å². The molecule has 1 aromatic rings. The molecular weight excluding hydrogens is 190 g/mol. The highest BCUT2D eigenvalue weighted by Gasteiger charge is 2.07. The molecule has 1 amide bonds. The second-order valence-electron chi connectivity index (χ2n) is 2.40. The minimum absolute atomic E-state index is 0.0745. The van der Waals surface area contributed by atoms with Crippen molar-refractivity contribution in [3.05, 3.63) is 11.1 Å². The molecule has 1 rings (SSSR count).